The minimum atomic E-state index is 0.0657. The SMILES string of the molecule is CCCNc1ncnc(NCC(C)(C)N(C)C)c1C(C)C. The molecule has 0 fully saturated rings. The average Bonchev–Trinajstić information content (AvgIpc) is 2.42. The fraction of sp³-hybridized carbons (Fsp3) is 0.750. The maximum absolute atomic E-state index is 4.45. The van der Waals surface area contributed by atoms with Crippen molar-refractivity contribution >= 4 is 11.6 Å². The summed E-state index contributed by atoms with van der Waals surface area (Å²) in [7, 11) is 4.19. The van der Waals surface area contributed by atoms with E-state index >= 15 is 0 Å². The molecule has 0 aliphatic rings. The third-order valence-electron chi connectivity index (χ3n) is 3.90. The highest BCUT2D eigenvalue weighted by molar-refractivity contribution is 5.59. The molecular weight excluding hydrogens is 262 g/mol. The van der Waals surface area contributed by atoms with Crippen molar-refractivity contribution < 1.29 is 0 Å². The molecule has 1 rings (SSSR count). The monoisotopic (exact) mass is 293 g/mol. The van der Waals surface area contributed by atoms with Crippen molar-refractivity contribution in [3.8, 4) is 0 Å². The molecule has 21 heavy (non-hydrogen) atoms. The van der Waals surface area contributed by atoms with Gasteiger partial charge < -0.3 is 15.5 Å². The Balaban J connectivity index is 2.96. The van der Waals surface area contributed by atoms with Crippen molar-refractivity contribution in [2.24, 2.45) is 0 Å². The zero-order chi connectivity index (χ0) is 16.0. The molecular formula is C16H31N5. The van der Waals surface area contributed by atoms with Crippen molar-refractivity contribution in [3.05, 3.63) is 11.9 Å². The Labute approximate surface area is 129 Å². The van der Waals surface area contributed by atoms with E-state index in [4.69, 9.17) is 0 Å². The van der Waals surface area contributed by atoms with Gasteiger partial charge in [0.05, 0.1) is 0 Å². The molecule has 5 nitrogen and oxygen atoms in total. The quantitative estimate of drug-likeness (QED) is 0.771. The number of rotatable bonds is 8. The van der Waals surface area contributed by atoms with Gasteiger partial charge in [0.15, 0.2) is 0 Å². The van der Waals surface area contributed by atoms with Gasteiger partial charge in [0.1, 0.15) is 18.0 Å². The highest BCUT2D eigenvalue weighted by Gasteiger charge is 2.22. The average molecular weight is 293 g/mol. The maximum Gasteiger partial charge on any atom is 0.135 e. The predicted octanol–water partition coefficient (Wildman–Crippen LogP) is 3.17. The van der Waals surface area contributed by atoms with Gasteiger partial charge in [-0.1, -0.05) is 20.8 Å². The summed E-state index contributed by atoms with van der Waals surface area (Å²) in [5.41, 5.74) is 1.23. The van der Waals surface area contributed by atoms with E-state index in [-0.39, 0.29) is 5.54 Å². The number of likely N-dealkylation sites (N-methyl/N-ethyl adjacent to an activating group) is 1. The number of nitrogens with one attached hydrogen (secondary N) is 2. The number of nitrogens with zero attached hydrogens (tertiary/aromatic N) is 3. The lowest BCUT2D eigenvalue weighted by atomic mass is 10.0. The molecule has 1 aromatic rings. The van der Waals surface area contributed by atoms with E-state index in [0.717, 1.165) is 31.1 Å². The Kier molecular flexibility index (Phi) is 6.40. The minimum Gasteiger partial charge on any atom is -0.370 e. The van der Waals surface area contributed by atoms with Crippen LogP contribution in [0.5, 0.6) is 0 Å². The van der Waals surface area contributed by atoms with Gasteiger partial charge in [-0.15, -0.1) is 0 Å². The van der Waals surface area contributed by atoms with Crippen LogP contribution >= 0.6 is 0 Å². The maximum atomic E-state index is 4.45. The van der Waals surface area contributed by atoms with Crippen LogP contribution in [0.15, 0.2) is 6.33 Å². The Morgan fingerprint density at radius 3 is 2.19 bits per heavy atom. The lowest BCUT2D eigenvalue weighted by Crippen LogP contribution is -2.44. The topological polar surface area (TPSA) is 53.1 Å². The van der Waals surface area contributed by atoms with E-state index in [9.17, 15) is 0 Å². The second-order valence-corrected chi connectivity index (χ2v) is 6.63. The Hall–Kier alpha value is -1.36. The molecule has 0 spiro atoms. The van der Waals surface area contributed by atoms with E-state index in [0.29, 0.717) is 5.92 Å². The Morgan fingerprint density at radius 2 is 1.71 bits per heavy atom. The van der Waals surface area contributed by atoms with E-state index < -0.39 is 0 Å². The fourth-order valence-corrected chi connectivity index (χ4v) is 1.93. The summed E-state index contributed by atoms with van der Waals surface area (Å²) >= 11 is 0. The molecule has 0 atom stereocenters. The molecule has 0 amide bonds. The summed E-state index contributed by atoms with van der Waals surface area (Å²) in [5, 5.41) is 6.90. The zero-order valence-corrected chi connectivity index (χ0v) is 14.6. The molecule has 2 N–H and O–H groups in total. The predicted molar refractivity (Wildman–Crippen MR) is 91.2 cm³/mol. The van der Waals surface area contributed by atoms with Crippen LogP contribution in [-0.4, -0.2) is 47.6 Å². The van der Waals surface area contributed by atoms with Crippen molar-refractivity contribution in [2.45, 2.75) is 52.5 Å². The number of hydrogen-bond acceptors (Lipinski definition) is 5. The zero-order valence-electron chi connectivity index (χ0n) is 14.6. The summed E-state index contributed by atoms with van der Waals surface area (Å²) in [6.07, 6.45) is 2.72. The molecule has 0 radical (unpaired) electrons. The van der Waals surface area contributed by atoms with Gasteiger partial charge in [-0.2, -0.15) is 0 Å². The minimum absolute atomic E-state index is 0.0657. The highest BCUT2D eigenvalue weighted by atomic mass is 15.2. The van der Waals surface area contributed by atoms with Crippen LogP contribution in [-0.2, 0) is 0 Å². The van der Waals surface area contributed by atoms with Crippen LogP contribution in [0.1, 0.15) is 52.5 Å². The van der Waals surface area contributed by atoms with Gasteiger partial charge in [0.2, 0.25) is 0 Å². The second-order valence-electron chi connectivity index (χ2n) is 6.63. The van der Waals surface area contributed by atoms with Crippen LogP contribution in [0.25, 0.3) is 0 Å². The van der Waals surface area contributed by atoms with Crippen molar-refractivity contribution in [1.82, 2.24) is 14.9 Å². The van der Waals surface area contributed by atoms with Crippen molar-refractivity contribution in [2.75, 3.05) is 37.8 Å². The Morgan fingerprint density at radius 1 is 1.14 bits per heavy atom. The lowest BCUT2D eigenvalue weighted by Gasteiger charge is -2.33. The van der Waals surface area contributed by atoms with E-state index in [1.165, 1.54) is 5.56 Å². The van der Waals surface area contributed by atoms with Crippen LogP contribution in [0, 0.1) is 0 Å². The molecule has 1 heterocycles. The fourth-order valence-electron chi connectivity index (χ4n) is 1.93. The molecule has 1 aromatic heterocycles. The van der Waals surface area contributed by atoms with Crippen molar-refractivity contribution in [1.29, 1.82) is 0 Å². The normalized spacial score (nSPS) is 12.0. The van der Waals surface area contributed by atoms with Crippen LogP contribution in [0.3, 0.4) is 0 Å². The third-order valence-corrected chi connectivity index (χ3v) is 3.90. The van der Waals surface area contributed by atoms with Gasteiger partial charge in [0.25, 0.3) is 0 Å². The summed E-state index contributed by atoms with van der Waals surface area (Å²) < 4.78 is 0. The molecule has 120 valence electrons. The number of aromatic nitrogens is 2. The first-order valence-corrected chi connectivity index (χ1v) is 7.79. The van der Waals surface area contributed by atoms with Crippen molar-refractivity contribution in [3.63, 3.8) is 0 Å². The first-order valence-electron chi connectivity index (χ1n) is 7.79. The Bertz CT molecular complexity index is 440. The smallest absolute Gasteiger partial charge is 0.135 e. The van der Waals surface area contributed by atoms with E-state index in [2.05, 4.69) is 74.2 Å². The molecule has 5 heteroatoms. The third kappa shape index (κ3) is 4.84. The molecule has 0 unspecified atom stereocenters. The lowest BCUT2D eigenvalue weighted by molar-refractivity contribution is 0.210. The number of anilines is 2. The van der Waals surface area contributed by atoms with Gasteiger partial charge in [-0.05, 0) is 40.3 Å². The molecule has 0 aliphatic carbocycles. The standard InChI is InChI=1S/C16H31N5/c1-8-9-17-14-13(12(2)3)15(20-11-19-14)18-10-16(4,5)21(6)7/h11-12H,8-10H2,1-7H3,(H2,17,18,19,20). The highest BCUT2D eigenvalue weighted by Crippen LogP contribution is 2.28. The first kappa shape index (κ1) is 17.7. The summed E-state index contributed by atoms with van der Waals surface area (Å²) in [5.74, 6) is 2.26. The van der Waals surface area contributed by atoms with E-state index in [1.807, 2.05) is 0 Å². The molecule has 0 aliphatic heterocycles. The first-order chi connectivity index (χ1) is 9.79. The molecule has 0 saturated carbocycles. The van der Waals surface area contributed by atoms with Crippen LogP contribution in [0.4, 0.5) is 11.6 Å². The summed E-state index contributed by atoms with van der Waals surface area (Å²) in [6.45, 7) is 12.7. The van der Waals surface area contributed by atoms with Gasteiger partial charge in [-0.3, -0.25) is 0 Å². The summed E-state index contributed by atoms with van der Waals surface area (Å²) in [4.78, 5) is 11.1. The van der Waals surface area contributed by atoms with Gasteiger partial charge in [0, 0.05) is 24.2 Å². The van der Waals surface area contributed by atoms with Crippen LogP contribution in [0.2, 0.25) is 0 Å². The number of hydrogen-bond donors (Lipinski definition) is 2. The van der Waals surface area contributed by atoms with Gasteiger partial charge >= 0.3 is 0 Å². The van der Waals surface area contributed by atoms with Gasteiger partial charge in [-0.25, -0.2) is 9.97 Å². The summed E-state index contributed by atoms with van der Waals surface area (Å²) in [6, 6.07) is 0. The largest absolute Gasteiger partial charge is 0.370 e. The molecule has 0 bridgehead atoms. The van der Waals surface area contributed by atoms with Crippen LogP contribution < -0.4 is 10.6 Å². The molecule has 0 saturated heterocycles. The second kappa shape index (κ2) is 7.59. The molecule has 0 aromatic carbocycles. The van der Waals surface area contributed by atoms with E-state index in [1.54, 1.807) is 6.33 Å².